The van der Waals surface area contributed by atoms with Crippen LogP contribution in [0.1, 0.15) is 33.2 Å². The third-order valence-corrected chi connectivity index (χ3v) is 4.86. The lowest BCUT2D eigenvalue weighted by molar-refractivity contribution is -0.150. The van der Waals surface area contributed by atoms with Crippen LogP contribution in [-0.4, -0.2) is 41.2 Å². The number of amides is 3. The molecule has 1 unspecified atom stereocenters. The van der Waals surface area contributed by atoms with E-state index in [4.69, 9.17) is 4.74 Å². The lowest BCUT2D eigenvalue weighted by Gasteiger charge is -2.20. The maximum Gasteiger partial charge on any atom is 0.329 e. The second-order valence-corrected chi connectivity index (χ2v) is 7.23. The molecule has 0 saturated carbocycles. The first kappa shape index (κ1) is 19.8. The van der Waals surface area contributed by atoms with E-state index in [1.54, 1.807) is 24.3 Å². The van der Waals surface area contributed by atoms with E-state index in [2.05, 4.69) is 21.2 Å². The van der Waals surface area contributed by atoms with Gasteiger partial charge in [-0.1, -0.05) is 28.1 Å². The number of fused-ring (bicyclic) bond motifs is 1. The molecule has 1 aliphatic rings. The van der Waals surface area contributed by atoms with Crippen molar-refractivity contribution in [1.29, 1.82) is 0 Å². The summed E-state index contributed by atoms with van der Waals surface area (Å²) in [6.45, 7) is 2.69. The zero-order chi connectivity index (χ0) is 20.4. The molecule has 1 atom stereocenters. The summed E-state index contributed by atoms with van der Waals surface area (Å²) in [5.74, 6) is -2.47. The average Bonchev–Trinajstić information content (AvgIpc) is 2.92. The van der Waals surface area contributed by atoms with E-state index in [-0.39, 0.29) is 11.1 Å². The number of ether oxygens (including phenoxy) is 1. The summed E-state index contributed by atoms with van der Waals surface area (Å²) in [5, 5.41) is 2.65. The highest BCUT2D eigenvalue weighted by Gasteiger charge is 2.41. The number of rotatable bonds is 5. The molecule has 144 valence electrons. The third kappa shape index (κ3) is 3.82. The molecule has 2 aromatic rings. The number of carbonyl (C=O) groups is 4. The van der Waals surface area contributed by atoms with Crippen LogP contribution < -0.4 is 5.32 Å². The first-order chi connectivity index (χ1) is 13.3. The van der Waals surface area contributed by atoms with Gasteiger partial charge in [-0.2, -0.15) is 0 Å². The number of nitrogens with one attached hydrogen (secondary N) is 1. The first-order valence-electron chi connectivity index (χ1n) is 8.49. The molecule has 0 aromatic heterocycles. The Balaban J connectivity index is 1.60. The summed E-state index contributed by atoms with van der Waals surface area (Å²) in [6, 6.07) is 10.5. The predicted molar refractivity (Wildman–Crippen MR) is 105 cm³/mol. The fourth-order valence-corrected chi connectivity index (χ4v) is 3.35. The van der Waals surface area contributed by atoms with Crippen LogP contribution in [0.4, 0.5) is 5.69 Å². The molecule has 3 rings (SSSR count). The molecule has 28 heavy (non-hydrogen) atoms. The van der Waals surface area contributed by atoms with E-state index in [9.17, 15) is 19.2 Å². The van der Waals surface area contributed by atoms with Gasteiger partial charge in [0.25, 0.3) is 17.7 Å². The lowest BCUT2D eigenvalue weighted by atomic mass is 10.1. The van der Waals surface area contributed by atoms with Crippen LogP contribution in [0.25, 0.3) is 0 Å². The van der Waals surface area contributed by atoms with E-state index >= 15 is 0 Å². The molecule has 0 fully saturated rings. The maximum absolute atomic E-state index is 12.4. The molecule has 1 aliphatic heterocycles. The molecule has 0 spiro atoms. The maximum atomic E-state index is 12.4. The van der Waals surface area contributed by atoms with Gasteiger partial charge >= 0.3 is 5.97 Å². The van der Waals surface area contributed by atoms with Gasteiger partial charge in [-0.25, -0.2) is 4.79 Å². The Morgan fingerprint density at radius 2 is 1.71 bits per heavy atom. The van der Waals surface area contributed by atoms with Crippen molar-refractivity contribution in [3.8, 4) is 0 Å². The standard InChI is InChI=1S/C20H17BrN2O5/c1-11-9-13(21)7-8-16(11)22-17(24)10-28-20(27)12(2)23-18(25)14-5-3-4-6-15(14)19(23)26/h3-9,12H,10H2,1-2H3,(H,22,24). The van der Waals surface area contributed by atoms with Crippen LogP contribution in [0.3, 0.4) is 0 Å². The smallest absolute Gasteiger partial charge is 0.329 e. The third-order valence-electron chi connectivity index (χ3n) is 4.36. The first-order valence-corrected chi connectivity index (χ1v) is 9.28. The molecular weight excluding hydrogens is 428 g/mol. The van der Waals surface area contributed by atoms with Crippen molar-refractivity contribution in [3.05, 3.63) is 63.6 Å². The fourth-order valence-electron chi connectivity index (χ4n) is 2.88. The van der Waals surface area contributed by atoms with Crippen LogP contribution in [-0.2, 0) is 14.3 Å². The van der Waals surface area contributed by atoms with Gasteiger partial charge < -0.3 is 10.1 Å². The number of esters is 1. The minimum Gasteiger partial charge on any atom is -0.454 e. The minimum absolute atomic E-state index is 0.246. The van der Waals surface area contributed by atoms with Gasteiger partial charge in [0.05, 0.1) is 11.1 Å². The van der Waals surface area contributed by atoms with Crippen LogP contribution in [0.2, 0.25) is 0 Å². The average molecular weight is 445 g/mol. The minimum atomic E-state index is -1.14. The second kappa shape index (κ2) is 7.93. The number of anilines is 1. The van der Waals surface area contributed by atoms with Crippen molar-refractivity contribution in [2.75, 3.05) is 11.9 Å². The number of hydrogen-bond donors (Lipinski definition) is 1. The Labute approximate surface area is 169 Å². The highest BCUT2D eigenvalue weighted by molar-refractivity contribution is 9.10. The monoisotopic (exact) mass is 444 g/mol. The van der Waals surface area contributed by atoms with Crippen molar-refractivity contribution in [1.82, 2.24) is 4.90 Å². The molecule has 8 heteroatoms. The molecule has 0 aliphatic carbocycles. The molecule has 0 bridgehead atoms. The summed E-state index contributed by atoms with van der Waals surface area (Å²) in [7, 11) is 0. The Morgan fingerprint density at radius 3 is 2.29 bits per heavy atom. The Morgan fingerprint density at radius 1 is 1.11 bits per heavy atom. The quantitative estimate of drug-likeness (QED) is 0.565. The summed E-state index contributed by atoms with van der Waals surface area (Å²) in [4.78, 5) is 50.0. The zero-order valence-corrected chi connectivity index (χ0v) is 16.8. The van der Waals surface area contributed by atoms with Crippen LogP contribution in [0.5, 0.6) is 0 Å². The van der Waals surface area contributed by atoms with E-state index in [0.717, 1.165) is 14.9 Å². The molecule has 1 N–H and O–H groups in total. The van der Waals surface area contributed by atoms with Gasteiger partial charge in [-0.3, -0.25) is 19.3 Å². The molecule has 2 aromatic carbocycles. The van der Waals surface area contributed by atoms with Crippen molar-refractivity contribution in [2.45, 2.75) is 19.9 Å². The van der Waals surface area contributed by atoms with Crippen molar-refractivity contribution in [2.24, 2.45) is 0 Å². The number of imide groups is 1. The Bertz CT molecular complexity index is 953. The topological polar surface area (TPSA) is 92.8 Å². The molecule has 0 radical (unpaired) electrons. The summed E-state index contributed by atoms with van der Waals surface area (Å²) in [5.41, 5.74) is 1.93. The van der Waals surface area contributed by atoms with E-state index in [1.165, 1.54) is 19.1 Å². The predicted octanol–water partition coefficient (Wildman–Crippen LogP) is 2.92. The fraction of sp³-hybridized carbons (Fsp3) is 0.200. The summed E-state index contributed by atoms with van der Waals surface area (Å²) < 4.78 is 5.88. The van der Waals surface area contributed by atoms with Crippen LogP contribution in [0.15, 0.2) is 46.9 Å². The van der Waals surface area contributed by atoms with E-state index < -0.39 is 36.3 Å². The normalized spacial score (nSPS) is 13.9. The molecule has 3 amide bonds. The second-order valence-electron chi connectivity index (χ2n) is 6.32. The Kier molecular flexibility index (Phi) is 5.60. The molecule has 1 heterocycles. The SMILES string of the molecule is Cc1cc(Br)ccc1NC(=O)COC(=O)C(C)N1C(=O)c2ccccc2C1=O. The van der Waals surface area contributed by atoms with Gasteiger partial charge in [0, 0.05) is 10.2 Å². The number of carbonyl (C=O) groups excluding carboxylic acids is 4. The Hall–Kier alpha value is -3.00. The molecule has 7 nitrogen and oxygen atoms in total. The van der Waals surface area contributed by atoms with Gasteiger partial charge in [-0.05, 0) is 49.7 Å². The van der Waals surface area contributed by atoms with Crippen LogP contribution in [0, 0.1) is 6.92 Å². The largest absolute Gasteiger partial charge is 0.454 e. The van der Waals surface area contributed by atoms with Crippen LogP contribution >= 0.6 is 15.9 Å². The highest BCUT2D eigenvalue weighted by atomic mass is 79.9. The van der Waals surface area contributed by atoms with Crippen molar-refractivity contribution < 1.29 is 23.9 Å². The number of hydrogen-bond acceptors (Lipinski definition) is 5. The van der Waals surface area contributed by atoms with Gasteiger partial charge in [0.1, 0.15) is 6.04 Å². The van der Waals surface area contributed by atoms with Crippen molar-refractivity contribution in [3.63, 3.8) is 0 Å². The van der Waals surface area contributed by atoms with Gasteiger partial charge in [-0.15, -0.1) is 0 Å². The van der Waals surface area contributed by atoms with Gasteiger partial charge in [0.2, 0.25) is 0 Å². The summed E-state index contributed by atoms with van der Waals surface area (Å²) >= 11 is 3.34. The number of benzene rings is 2. The number of nitrogens with zero attached hydrogens (tertiary/aromatic N) is 1. The zero-order valence-electron chi connectivity index (χ0n) is 15.2. The summed E-state index contributed by atoms with van der Waals surface area (Å²) in [6.07, 6.45) is 0. The van der Waals surface area contributed by atoms with E-state index in [1.807, 2.05) is 13.0 Å². The number of halogens is 1. The van der Waals surface area contributed by atoms with Gasteiger partial charge in [0.15, 0.2) is 6.61 Å². The number of aryl methyl sites for hydroxylation is 1. The highest BCUT2D eigenvalue weighted by Crippen LogP contribution is 2.25. The molecule has 0 saturated heterocycles. The van der Waals surface area contributed by atoms with Crippen molar-refractivity contribution >= 4 is 45.3 Å². The van der Waals surface area contributed by atoms with E-state index in [0.29, 0.717) is 5.69 Å². The molecular formula is C20H17BrN2O5. The lowest BCUT2D eigenvalue weighted by Crippen LogP contribution is -2.44.